The van der Waals surface area contributed by atoms with Gasteiger partial charge in [0.15, 0.2) is 0 Å². The predicted molar refractivity (Wildman–Crippen MR) is 92.0 cm³/mol. The zero-order chi connectivity index (χ0) is 15.8. The van der Waals surface area contributed by atoms with E-state index in [1.54, 1.807) is 6.07 Å². The Morgan fingerprint density at radius 3 is 2.57 bits per heavy atom. The summed E-state index contributed by atoms with van der Waals surface area (Å²) in [5.74, 6) is 0.297. The van der Waals surface area contributed by atoms with Crippen molar-refractivity contribution in [2.24, 2.45) is 5.92 Å². The smallest absolute Gasteiger partial charge is 0.241 e. The van der Waals surface area contributed by atoms with Crippen molar-refractivity contribution in [2.75, 3.05) is 20.1 Å². The normalized spacial score (nSPS) is 24.2. The summed E-state index contributed by atoms with van der Waals surface area (Å²) in [5.41, 5.74) is 0.994. The van der Waals surface area contributed by atoms with Crippen LogP contribution in [0.1, 0.15) is 18.9 Å². The molecule has 1 aromatic rings. The van der Waals surface area contributed by atoms with Gasteiger partial charge in [-0.1, -0.05) is 22.9 Å². The van der Waals surface area contributed by atoms with Crippen molar-refractivity contribution in [1.82, 2.24) is 9.62 Å². The van der Waals surface area contributed by atoms with Gasteiger partial charge in [0.1, 0.15) is 0 Å². The van der Waals surface area contributed by atoms with Gasteiger partial charge >= 0.3 is 0 Å². The molecule has 2 rings (SSSR count). The first kappa shape index (κ1) is 17.4. The molecule has 0 saturated carbocycles. The van der Waals surface area contributed by atoms with Crippen LogP contribution in [0, 0.1) is 12.8 Å². The first-order valence-corrected chi connectivity index (χ1v) is 9.94. The molecule has 4 nitrogen and oxygen atoms in total. The van der Waals surface area contributed by atoms with Crippen molar-refractivity contribution in [2.45, 2.75) is 31.2 Å². The summed E-state index contributed by atoms with van der Waals surface area (Å²) in [6.07, 6.45) is 0.835. The van der Waals surface area contributed by atoms with E-state index >= 15 is 0 Å². The highest BCUT2D eigenvalue weighted by molar-refractivity contribution is 9.11. The second-order valence-corrected chi connectivity index (χ2v) is 9.18. The van der Waals surface area contributed by atoms with Crippen molar-refractivity contribution in [3.05, 3.63) is 26.6 Å². The number of piperidine rings is 1. The molecule has 0 aromatic heterocycles. The van der Waals surface area contributed by atoms with Crippen LogP contribution in [-0.2, 0) is 10.0 Å². The molecule has 0 amide bonds. The van der Waals surface area contributed by atoms with Crippen LogP contribution < -0.4 is 4.72 Å². The molecule has 0 aliphatic carbocycles. The summed E-state index contributed by atoms with van der Waals surface area (Å²) in [6.45, 7) is 5.84. The van der Waals surface area contributed by atoms with Crippen LogP contribution in [0.4, 0.5) is 0 Å². The Balaban J connectivity index is 2.25. The highest BCUT2D eigenvalue weighted by atomic mass is 79.9. The summed E-state index contributed by atoms with van der Waals surface area (Å²) in [7, 11) is -1.46. The number of rotatable bonds is 3. The average molecular weight is 440 g/mol. The molecule has 0 bridgehead atoms. The largest absolute Gasteiger partial charge is 0.306 e. The van der Waals surface area contributed by atoms with Gasteiger partial charge in [-0.3, -0.25) is 0 Å². The third-order valence-electron chi connectivity index (χ3n) is 3.92. The Morgan fingerprint density at radius 1 is 1.29 bits per heavy atom. The van der Waals surface area contributed by atoms with Crippen LogP contribution in [0.5, 0.6) is 0 Å². The second kappa shape index (κ2) is 6.66. The Hall–Kier alpha value is 0.0500. The number of hydrogen-bond acceptors (Lipinski definition) is 3. The Labute approximate surface area is 143 Å². The number of hydrogen-bond donors (Lipinski definition) is 1. The minimum absolute atomic E-state index is 0.0156. The maximum Gasteiger partial charge on any atom is 0.241 e. The predicted octanol–water partition coefficient (Wildman–Crippen LogP) is 3.14. The van der Waals surface area contributed by atoms with Crippen LogP contribution in [0.2, 0.25) is 0 Å². The molecular formula is C14H20Br2N2O2S. The maximum atomic E-state index is 12.6. The third-order valence-corrected chi connectivity index (χ3v) is 7.22. The van der Waals surface area contributed by atoms with E-state index in [1.165, 1.54) is 0 Å². The lowest BCUT2D eigenvalue weighted by Gasteiger charge is -2.35. The second-order valence-electron chi connectivity index (χ2n) is 5.79. The van der Waals surface area contributed by atoms with E-state index < -0.39 is 10.0 Å². The molecule has 1 aromatic carbocycles. The molecule has 0 radical (unpaired) electrons. The maximum absolute atomic E-state index is 12.6. The van der Waals surface area contributed by atoms with Crippen molar-refractivity contribution in [3.8, 4) is 0 Å². The molecular weight excluding hydrogens is 420 g/mol. The fraction of sp³-hybridized carbons (Fsp3) is 0.571. The lowest BCUT2D eigenvalue weighted by molar-refractivity contribution is 0.188. The minimum Gasteiger partial charge on any atom is -0.306 e. The number of nitrogens with one attached hydrogen (secondary N) is 1. The first-order chi connectivity index (χ1) is 9.70. The monoisotopic (exact) mass is 438 g/mol. The third kappa shape index (κ3) is 4.07. The first-order valence-electron chi connectivity index (χ1n) is 6.87. The van der Waals surface area contributed by atoms with Crippen molar-refractivity contribution >= 4 is 41.9 Å². The Bertz CT molecular complexity index is 634. The molecule has 1 heterocycles. The van der Waals surface area contributed by atoms with Gasteiger partial charge in [0.2, 0.25) is 10.0 Å². The van der Waals surface area contributed by atoms with E-state index in [0.717, 1.165) is 29.5 Å². The average Bonchev–Trinajstić information content (AvgIpc) is 2.37. The molecule has 1 aliphatic rings. The molecule has 0 spiro atoms. The molecule has 118 valence electrons. The highest BCUT2D eigenvalue weighted by Gasteiger charge is 2.29. The van der Waals surface area contributed by atoms with E-state index in [-0.39, 0.29) is 10.9 Å². The van der Waals surface area contributed by atoms with Gasteiger partial charge in [-0.15, -0.1) is 0 Å². The fourth-order valence-corrected chi connectivity index (χ4v) is 5.68. The van der Waals surface area contributed by atoms with Crippen LogP contribution in [0.3, 0.4) is 0 Å². The molecule has 21 heavy (non-hydrogen) atoms. The number of likely N-dealkylation sites (tertiary alicyclic amines) is 1. The molecule has 1 fully saturated rings. The molecule has 1 aliphatic heterocycles. The van der Waals surface area contributed by atoms with E-state index in [2.05, 4.69) is 55.5 Å². The van der Waals surface area contributed by atoms with Crippen LogP contribution >= 0.6 is 31.9 Å². The molecule has 2 atom stereocenters. The number of sulfonamides is 1. The van der Waals surface area contributed by atoms with E-state index in [9.17, 15) is 8.42 Å². The quantitative estimate of drug-likeness (QED) is 0.786. The minimum atomic E-state index is -3.53. The standard InChI is InChI=1S/C14H20Br2N2O2S/c1-9-6-12(16)14(7-11(9)15)21(19,20)17-13-4-5-18(3)8-10(13)2/h6-7,10,13,17H,4-5,8H2,1-3H3. The summed E-state index contributed by atoms with van der Waals surface area (Å²) in [4.78, 5) is 2.51. The van der Waals surface area contributed by atoms with Gasteiger partial charge in [0, 0.05) is 21.5 Å². The summed E-state index contributed by atoms with van der Waals surface area (Å²) >= 11 is 6.76. The van der Waals surface area contributed by atoms with E-state index in [0.29, 0.717) is 10.4 Å². The van der Waals surface area contributed by atoms with Crippen molar-refractivity contribution in [1.29, 1.82) is 0 Å². The number of nitrogens with zero attached hydrogens (tertiary/aromatic N) is 1. The lowest BCUT2D eigenvalue weighted by Crippen LogP contribution is -2.48. The topological polar surface area (TPSA) is 49.4 Å². The number of benzene rings is 1. The zero-order valence-corrected chi connectivity index (χ0v) is 16.3. The van der Waals surface area contributed by atoms with Gasteiger partial charge in [0.25, 0.3) is 0 Å². The van der Waals surface area contributed by atoms with Crippen molar-refractivity contribution < 1.29 is 8.42 Å². The van der Waals surface area contributed by atoms with Gasteiger partial charge in [0.05, 0.1) is 4.90 Å². The van der Waals surface area contributed by atoms with Crippen LogP contribution in [-0.4, -0.2) is 39.5 Å². The van der Waals surface area contributed by atoms with Gasteiger partial charge in [-0.05, 0) is 66.5 Å². The summed E-state index contributed by atoms with van der Waals surface area (Å²) in [6, 6.07) is 3.45. The Kier molecular flexibility index (Phi) is 5.52. The van der Waals surface area contributed by atoms with Gasteiger partial charge in [-0.2, -0.15) is 0 Å². The summed E-state index contributed by atoms with van der Waals surface area (Å²) in [5, 5.41) is 0. The fourth-order valence-electron chi connectivity index (χ4n) is 2.63. The molecule has 1 N–H and O–H groups in total. The van der Waals surface area contributed by atoms with Gasteiger partial charge < -0.3 is 4.90 Å². The molecule has 2 unspecified atom stereocenters. The van der Waals surface area contributed by atoms with E-state index in [1.807, 2.05) is 13.0 Å². The van der Waals surface area contributed by atoms with Crippen LogP contribution in [0.15, 0.2) is 26.0 Å². The SMILES string of the molecule is Cc1cc(Br)c(S(=O)(=O)NC2CCN(C)CC2C)cc1Br. The lowest BCUT2D eigenvalue weighted by atomic mass is 9.95. The van der Waals surface area contributed by atoms with E-state index in [4.69, 9.17) is 0 Å². The molecule has 7 heteroatoms. The van der Waals surface area contributed by atoms with Crippen molar-refractivity contribution in [3.63, 3.8) is 0 Å². The molecule has 1 saturated heterocycles. The Morgan fingerprint density at radius 2 is 1.95 bits per heavy atom. The summed E-state index contributed by atoms with van der Waals surface area (Å²) < 4.78 is 29.5. The number of aryl methyl sites for hydroxylation is 1. The zero-order valence-electron chi connectivity index (χ0n) is 12.4. The number of halogens is 2. The van der Waals surface area contributed by atoms with Gasteiger partial charge in [-0.25, -0.2) is 13.1 Å². The van der Waals surface area contributed by atoms with Crippen LogP contribution in [0.25, 0.3) is 0 Å². The highest BCUT2D eigenvalue weighted by Crippen LogP contribution is 2.29.